The number of sulfonamides is 1. The number of halogens is 2. The highest BCUT2D eigenvalue weighted by atomic mass is 35.5. The molecule has 0 atom stereocenters. The molecule has 0 heterocycles. The van der Waals surface area contributed by atoms with Crippen molar-refractivity contribution in [1.82, 2.24) is 0 Å². The summed E-state index contributed by atoms with van der Waals surface area (Å²) in [5.74, 6) is 0. The van der Waals surface area contributed by atoms with Gasteiger partial charge in [0.05, 0.1) is 4.90 Å². The smallest absolute Gasteiger partial charge is 0.261 e. The minimum Gasteiger partial charge on any atom is -0.280 e. The van der Waals surface area contributed by atoms with E-state index in [-0.39, 0.29) is 14.9 Å². The Bertz CT molecular complexity index is 695. The standard InChI is InChI=1S/C13H11Cl2NO2S2/c1-19-12-4-2-11(3-5-12)16-20(17,18)13-7-9(14)6-10(15)8-13/h2-8,16H,1H3. The number of hydrogen-bond donors (Lipinski definition) is 1. The number of nitrogens with one attached hydrogen (secondary N) is 1. The number of thioether (sulfide) groups is 1. The van der Waals surface area contributed by atoms with E-state index in [2.05, 4.69) is 4.72 Å². The highest BCUT2D eigenvalue weighted by Gasteiger charge is 2.15. The Morgan fingerprint density at radius 3 is 2.05 bits per heavy atom. The van der Waals surface area contributed by atoms with Crippen LogP contribution in [0.1, 0.15) is 0 Å². The molecular weight excluding hydrogens is 337 g/mol. The molecule has 1 N–H and O–H groups in total. The molecule has 106 valence electrons. The van der Waals surface area contributed by atoms with Crippen molar-refractivity contribution >= 4 is 50.7 Å². The molecule has 0 aliphatic rings. The maximum atomic E-state index is 12.2. The van der Waals surface area contributed by atoms with E-state index in [0.29, 0.717) is 5.69 Å². The summed E-state index contributed by atoms with van der Waals surface area (Å²) >= 11 is 13.2. The van der Waals surface area contributed by atoms with Crippen LogP contribution in [0.3, 0.4) is 0 Å². The molecule has 0 aliphatic heterocycles. The predicted molar refractivity (Wildman–Crippen MR) is 85.5 cm³/mol. The molecule has 0 unspecified atom stereocenters. The molecule has 2 aromatic rings. The fraction of sp³-hybridized carbons (Fsp3) is 0.0769. The van der Waals surface area contributed by atoms with Crippen LogP contribution >= 0.6 is 35.0 Å². The normalized spacial score (nSPS) is 11.3. The van der Waals surface area contributed by atoms with Gasteiger partial charge in [-0.1, -0.05) is 23.2 Å². The fourth-order valence-corrected chi connectivity index (χ4v) is 3.75. The lowest BCUT2D eigenvalue weighted by Gasteiger charge is -2.09. The number of benzene rings is 2. The van der Waals surface area contributed by atoms with Gasteiger partial charge in [-0.3, -0.25) is 4.72 Å². The summed E-state index contributed by atoms with van der Waals surface area (Å²) < 4.78 is 26.9. The summed E-state index contributed by atoms with van der Waals surface area (Å²) in [6.45, 7) is 0. The molecule has 0 aliphatic carbocycles. The average molecular weight is 348 g/mol. The first-order chi connectivity index (χ1) is 9.40. The lowest BCUT2D eigenvalue weighted by Crippen LogP contribution is -2.12. The highest BCUT2D eigenvalue weighted by molar-refractivity contribution is 7.98. The van der Waals surface area contributed by atoms with Gasteiger partial charge in [0.15, 0.2) is 0 Å². The van der Waals surface area contributed by atoms with Crippen molar-refractivity contribution in [3.05, 3.63) is 52.5 Å². The Kier molecular flexibility index (Phi) is 4.86. The summed E-state index contributed by atoms with van der Waals surface area (Å²) in [6.07, 6.45) is 1.95. The van der Waals surface area contributed by atoms with Gasteiger partial charge in [-0.25, -0.2) is 8.42 Å². The van der Waals surface area contributed by atoms with Crippen LogP contribution in [0, 0.1) is 0 Å². The van der Waals surface area contributed by atoms with E-state index >= 15 is 0 Å². The lowest BCUT2D eigenvalue weighted by atomic mass is 10.3. The molecule has 0 radical (unpaired) electrons. The summed E-state index contributed by atoms with van der Waals surface area (Å²) in [4.78, 5) is 1.09. The molecule has 7 heteroatoms. The van der Waals surface area contributed by atoms with Crippen LogP contribution in [0.15, 0.2) is 52.3 Å². The highest BCUT2D eigenvalue weighted by Crippen LogP contribution is 2.25. The monoisotopic (exact) mass is 347 g/mol. The number of hydrogen-bond acceptors (Lipinski definition) is 3. The molecule has 0 saturated carbocycles. The van der Waals surface area contributed by atoms with Crippen LogP contribution < -0.4 is 4.72 Å². The van der Waals surface area contributed by atoms with Crippen molar-refractivity contribution in [2.75, 3.05) is 11.0 Å². The molecule has 20 heavy (non-hydrogen) atoms. The van der Waals surface area contributed by atoms with E-state index in [4.69, 9.17) is 23.2 Å². The van der Waals surface area contributed by atoms with Gasteiger partial charge in [0.1, 0.15) is 0 Å². The summed E-state index contributed by atoms with van der Waals surface area (Å²) in [5, 5.41) is 0.547. The van der Waals surface area contributed by atoms with Gasteiger partial charge in [0, 0.05) is 20.6 Å². The Hall–Kier alpha value is -0.880. The molecule has 0 bridgehead atoms. The Labute approximate surface area is 132 Å². The molecule has 0 fully saturated rings. The molecule has 2 rings (SSSR count). The van der Waals surface area contributed by atoms with Crippen LogP contribution in [0.2, 0.25) is 10.0 Å². The van der Waals surface area contributed by atoms with E-state index in [1.807, 2.05) is 18.4 Å². The van der Waals surface area contributed by atoms with Crippen LogP contribution in [0.4, 0.5) is 5.69 Å². The van der Waals surface area contributed by atoms with Crippen molar-refractivity contribution in [3.63, 3.8) is 0 Å². The molecule has 0 spiro atoms. The summed E-state index contributed by atoms with van der Waals surface area (Å²) in [7, 11) is -3.70. The maximum absolute atomic E-state index is 12.2. The second-order valence-electron chi connectivity index (χ2n) is 3.94. The third kappa shape index (κ3) is 3.82. The molecule has 0 saturated heterocycles. The quantitative estimate of drug-likeness (QED) is 0.827. The first kappa shape index (κ1) is 15.5. The zero-order valence-electron chi connectivity index (χ0n) is 10.4. The predicted octanol–water partition coefficient (Wildman–Crippen LogP) is 4.52. The van der Waals surface area contributed by atoms with Gasteiger partial charge in [-0.05, 0) is 48.7 Å². The van der Waals surface area contributed by atoms with E-state index in [1.54, 1.807) is 23.9 Å². The summed E-state index contributed by atoms with van der Waals surface area (Å²) in [5.41, 5.74) is 0.485. The van der Waals surface area contributed by atoms with Crippen LogP contribution in [-0.2, 0) is 10.0 Å². The van der Waals surface area contributed by atoms with Gasteiger partial charge >= 0.3 is 0 Å². The average Bonchev–Trinajstić information content (AvgIpc) is 2.38. The Morgan fingerprint density at radius 1 is 1.00 bits per heavy atom. The Morgan fingerprint density at radius 2 is 1.55 bits per heavy atom. The topological polar surface area (TPSA) is 46.2 Å². The fourth-order valence-electron chi connectivity index (χ4n) is 1.56. The molecule has 0 aromatic heterocycles. The van der Waals surface area contributed by atoms with Crippen molar-refractivity contribution < 1.29 is 8.42 Å². The summed E-state index contributed by atoms with van der Waals surface area (Å²) in [6, 6.07) is 11.3. The number of anilines is 1. The van der Waals surface area contributed by atoms with Gasteiger partial charge in [0.2, 0.25) is 0 Å². The third-order valence-electron chi connectivity index (χ3n) is 2.49. The largest absolute Gasteiger partial charge is 0.280 e. The second kappa shape index (κ2) is 6.26. The van der Waals surface area contributed by atoms with E-state index in [0.717, 1.165) is 4.90 Å². The van der Waals surface area contributed by atoms with Crippen molar-refractivity contribution in [2.24, 2.45) is 0 Å². The number of rotatable bonds is 4. The minimum absolute atomic E-state index is 0.0314. The Balaban J connectivity index is 2.30. The van der Waals surface area contributed by atoms with Crippen molar-refractivity contribution in [3.8, 4) is 0 Å². The lowest BCUT2D eigenvalue weighted by molar-refractivity contribution is 0.601. The van der Waals surface area contributed by atoms with E-state index < -0.39 is 10.0 Å². The first-order valence-electron chi connectivity index (χ1n) is 5.54. The molecular formula is C13H11Cl2NO2S2. The zero-order valence-corrected chi connectivity index (χ0v) is 13.6. The van der Waals surface area contributed by atoms with Crippen LogP contribution in [0.25, 0.3) is 0 Å². The van der Waals surface area contributed by atoms with Gasteiger partial charge in [0.25, 0.3) is 10.0 Å². The van der Waals surface area contributed by atoms with Gasteiger partial charge < -0.3 is 0 Å². The van der Waals surface area contributed by atoms with Crippen molar-refractivity contribution in [2.45, 2.75) is 9.79 Å². The van der Waals surface area contributed by atoms with Crippen LogP contribution in [0.5, 0.6) is 0 Å². The second-order valence-corrected chi connectivity index (χ2v) is 7.37. The molecule has 0 amide bonds. The SMILES string of the molecule is CSc1ccc(NS(=O)(=O)c2cc(Cl)cc(Cl)c2)cc1. The molecule has 3 nitrogen and oxygen atoms in total. The van der Waals surface area contributed by atoms with Crippen molar-refractivity contribution in [1.29, 1.82) is 0 Å². The van der Waals surface area contributed by atoms with Gasteiger partial charge in [-0.2, -0.15) is 0 Å². The zero-order chi connectivity index (χ0) is 14.8. The van der Waals surface area contributed by atoms with Crippen LogP contribution in [-0.4, -0.2) is 14.7 Å². The van der Waals surface area contributed by atoms with E-state index in [1.165, 1.54) is 18.2 Å². The minimum atomic E-state index is -3.70. The van der Waals surface area contributed by atoms with E-state index in [9.17, 15) is 8.42 Å². The molecule has 2 aromatic carbocycles. The first-order valence-corrected chi connectivity index (χ1v) is 9.00. The van der Waals surface area contributed by atoms with Gasteiger partial charge in [-0.15, -0.1) is 11.8 Å². The third-order valence-corrected chi connectivity index (χ3v) is 5.03. The maximum Gasteiger partial charge on any atom is 0.261 e.